The lowest BCUT2D eigenvalue weighted by atomic mass is 9.74. The Hall–Kier alpha value is -3.60. The lowest BCUT2D eigenvalue weighted by Crippen LogP contribution is -2.52. The average molecular weight is 558 g/mol. The van der Waals surface area contributed by atoms with Crippen molar-refractivity contribution in [1.82, 2.24) is 15.1 Å². The second-order valence-corrected chi connectivity index (χ2v) is 11.2. The number of alkyl halides is 3. The quantitative estimate of drug-likeness (QED) is 0.565. The molecule has 2 aromatic carbocycles. The van der Waals surface area contributed by atoms with Crippen molar-refractivity contribution in [1.29, 1.82) is 0 Å². The van der Waals surface area contributed by atoms with Crippen LogP contribution >= 0.6 is 0 Å². The molecule has 0 bridgehead atoms. The first kappa shape index (κ1) is 26.6. The van der Waals surface area contributed by atoms with Crippen molar-refractivity contribution in [3.63, 3.8) is 0 Å². The third-order valence-corrected chi connectivity index (χ3v) is 8.59. The minimum atomic E-state index is -4.42. The number of fused-ring (bicyclic) bond motifs is 3. The fraction of sp³-hybridized carbons (Fsp3) is 0.483. The summed E-state index contributed by atoms with van der Waals surface area (Å²) in [5, 5.41) is 2.33. The van der Waals surface area contributed by atoms with E-state index in [0.29, 0.717) is 37.4 Å². The molecular formula is C29H30F3N3O5. The first-order valence-electron chi connectivity index (χ1n) is 13.5. The first-order chi connectivity index (χ1) is 19.0. The van der Waals surface area contributed by atoms with Crippen LogP contribution in [-0.2, 0) is 28.1 Å². The van der Waals surface area contributed by atoms with Crippen molar-refractivity contribution in [3.8, 4) is 11.5 Å². The molecule has 11 heteroatoms. The number of imide groups is 1. The molecule has 0 saturated carbocycles. The highest BCUT2D eigenvalue weighted by Gasteiger charge is 2.46. The van der Waals surface area contributed by atoms with E-state index in [1.807, 2.05) is 6.07 Å². The summed E-state index contributed by atoms with van der Waals surface area (Å²) in [4.78, 5) is 40.9. The van der Waals surface area contributed by atoms with Crippen LogP contribution in [0.2, 0.25) is 0 Å². The number of hydrogen-bond donors (Lipinski definition) is 1. The molecule has 4 aliphatic heterocycles. The second-order valence-electron chi connectivity index (χ2n) is 11.2. The van der Waals surface area contributed by atoms with Gasteiger partial charge in [0.05, 0.1) is 6.61 Å². The van der Waals surface area contributed by atoms with Crippen molar-refractivity contribution >= 4 is 17.7 Å². The van der Waals surface area contributed by atoms with E-state index in [1.165, 1.54) is 6.07 Å². The SMILES string of the molecule is CC(Oc1cccc(CN2CCC3(CC2)COc2cc4c(cc23)CN(C2CCC(=O)NC2=O)C4=O)c1)C(F)(F)F. The van der Waals surface area contributed by atoms with Crippen LogP contribution in [-0.4, -0.2) is 65.5 Å². The Morgan fingerprint density at radius 3 is 2.65 bits per heavy atom. The number of halogens is 3. The minimum Gasteiger partial charge on any atom is -0.492 e. The summed E-state index contributed by atoms with van der Waals surface area (Å²) in [6.07, 6.45) is -4.10. The molecule has 1 spiro atoms. The van der Waals surface area contributed by atoms with Crippen LogP contribution in [0.1, 0.15) is 59.7 Å². The number of benzene rings is 2. The molecule has 2 unspecified atom stereocenters. The molecule has 212 valence electrons. The molecular weight excluding hydrogens is 527 g/mol. The molecule has 2 fully saturated rings. The van der Waals surface area contributed by atoms with Gasteiger partial charge in [0.2, 0.25) is 11.8 Å². The predicted molar refractivity (Wildman–Crippen MR) is 137 cm³/mol. The number of carbonyl (C=O) groups is 3. The molecule has 3 amide bonds. The fourth-order valence-electron chi connectivity index (χ4n) is 6.22. The Morgan fingerprint density at radius 2 is 1.93 bits per heavy atom. The number of hydrogen-bond acceptors (Lipinski definition) is 6. The zero-order valence-corrected chi connectivity index (χ0v) is 22.1. The van der Waals surface area contributed by atoms with E-state index in [0.717, 1.165) is 49.5 Å². The van der Waals surface area contributed by atoms with Crippen LogP contribution in [0.25, 0.3) is 0 Å². The lowest BCUT2D eigenvalue weighted by molar-refractivity contribution is -0.189. The number of carbonyl (C=O) groups excluding carboxylic acids is 3. The topological polar surface area (TPSA) is 88.2 Å². The standard InChI is InChI=1S/C29H30F3N3O5/c1-17(29(30,31)32)40-20-4-2-3-18(11-20)14-34-9-7-28(8-10-34)16-39-24-13-21-19(12-22(24)28)15-35(27(21)38)23-5-6-25(36)33-26(23)37/h2-4,11-13,17,23H,5-10,14-16H2,1H3,(H,33,36,37). The van der Waals surface area contributed by atoms with Crippen molar-refractivity contribution in [2.45, 2.75) is 69.4 Å². The highest BCUT2D eigenvalue weighted by atomic mass is 19.4. The number of nitrogens with zero attached hydrogens (tertiary/aromatic N) is 2. The maximum absolute atomic E-state index is 13.2. The van der Waals surface area contributed by atoms with E-state index >= 15 is 0 Å². The molecule has 6 rings (SSSR count). The zero-order chi connectivity index (χ0) is 28.2. The van der Waals surface area contributed by atoms with E-state index < -0.39 is 24.2 Å². The van der Waals surface area contributed by atoms with Gasteiger partial charge in [-0.1, -0.05) is 12.1 Å². The highest BCUT2D eigenvalue weighted by molar-refractivity contribution is 6.05. The summed E-state index contributed by atoms with van der Waals surface area (Å²) in [5.74, 6) is -0.0688. The second kappa shape index (κ2) is 9.79. The number of ether oxygens (including phenoxy) is 2. The van der Waals surface area contributed by atoms with Crippen LogP contribution in [0, 0.1) is 0 Å². The van der Waals surface area contributed by atoms with Crippen molar-refractivity contribution in [2.24, 2.45) is 0 Å². The van der Waals surface area contributed by atoms with Gasteiger partial charge in [-0.3, -0.25) is 24.6 Å². The Balaban J connectivity index is 1.12. The molecule has 0 aromatic heterocycles. The maximum atomic E-state index is 13.2. The largest absolute Gasteiger partial charge is 0.492 e. The summed E-state index contributed by atoms with van der Waals surface area (Å²) in [5.41, 5.74) is 3.20. The fourth-order valence-corrected chi connectivity index (χ4v) is 6.22. The molecule has 4 heterocycles. The molecule has 40 heavy (non-hydrogen) atoms. The number of nitrogens with one attached hydrogen (secondary N) is 1. The van der Waals surface area contributed by atoms with Gasteiger partial charge in [-0.2, -0.15) is 13.2 Å². The molecule has 2 saturated heterocycles. The summed E-state index contributed by atoms with van der Waals surface area (Å²) in [6.45, 7) is 4.01. The number of likely N-dealkylation sites (tertiary alicyclic amines) is 1. The average Bonchev–Trinajstić information content (AvgIpc) is 3.41. The highest BCUT2D eigenvalue weighted by Crippen LogP contribution is 2.48. The number of piperidine rings is 2. The Bertz CT molecular complexity index is 1370. The minimum absolute atomic E-state index is 0.181. The maximum Gasteiger partial charge on any atom is 0.425 e. The van der Waals surface area contributed by atoms with E-state index in [9.17, 15) is 27.6 Å². The molecule has 2 aromatic rings. The Morgan fingerprint density at radius 1 is 1.15 bits per heavy atom. The van der Waals surface area contributed by atoms with Gasteiger partial charge in [0.1, 0.15) is 17.5 Å². The van der Waals surface area contributed by atoms with Crippen LogP contribution in [0.5, 0.6) is 11.5 Å². The van der Waals surface area contributed by atoms with Gasteiger partial charge in [0.25, 0.3) is 5.91 Å². The molecule has 1 N–H and O–H groups in total. The van der Waals surface area contributed by atoms with Gasteiger partial charge < -0.3 is 14.4 Å². The number of amides is 3. The van der Waals surface area contributed by atoms with Gasteiger partial charge in [0.15, 0.2) is 6.10 Å². The van der Waals surface area contributed by atoms with Gasteiger partial charge >= 0.3 is 6.18 Å². The van der Waals surface area contributed by atoms with Gasteiger partial charge in [-0.25, -0.2) is 0 Å². The van der Waals surface area contributed by atoms with Crippen LogP contribution in [0.3, 0.4) is 0 Å². The molecule has 8 nitrogen and oxygen atoms in total. The van der Waals surface area contributed by atoms with Gasteiger partial charge in [-0.15, -0.1) is 0 Å². The lowest BCUT2D eigenvalue weighted by Gasteiger charge is -2.38. The monoisotopic (exact) mass is 557 g/mol. The Labute approximate surface area is 229 Å². The van der Waals surface area contributed by atoms with Crippen molar-refractivity contribution in [3.05, 3.63) is 58.7 Å². The van der Waals surface area contributed by atoms with Crippen LogP contribution in [0.15, 0.2) is 36.4 Å². The third-order valence-electron chi connectivity index (χ3n) is 8.59. The Kier molecular flexibility index (Phi) is 6.52. The molecule has 2 atom stereocenters. The van der Waals surface area contributed by atoms with Crippen LogP contribution < -0.4 is 14.8 Å². The smallest absolute Gasteiger partial charge is 0.425 e. The molecule has 0 radical (unpaired) electrons. The van der Waals surface area contributed by atoms with E-state index in [-0.39, 0.29) is 29.4 Å². The summed E-state index contributed by atoms with van der Waals surface area (Å²) in [6, 6.07) is 9.99. The molecule has 0 aliphatic carbocycles. The van der Waals surface area contributed by atoms with Crippen molar-refractivity contribution < 1.29 is 37.0 Å². The third kappa shape index (κ3) is 4.80. The first-order valence-corrected chi connectivity index (χ1v) is 13.5. The van der Waals surface area contributed by atoms with Crippen molar-refractivity contribution in [2.75, 3.05) is 19.7 Å². The summed E-state index contributed by atoms with van der Waals surface area (Å²) in [7, 11) is 0. The predicted octanol–water partition coefficient (Wildman–Crippen LogP) is 3.70. The van der Waals surface area contributed by atoms with E-state index in [2.05, 4.69) is 16.3 Å². The van der Waals surface area contributed by atoms with Gasteiger partial charge in [0, 0.05) is 36.1 Å². The van der Waals surface area contributed by atoms with E-state index in [4.69, 9.17) is 9.47 Å². The summed E-state index contributed by atoms with van der Waals surface area (Å²) < 4.78 is 49.9. The van der Waals surface area contributed by atoms with Gasteiger partial charge in [-0.05, 0) is 74.7 Å². The number of rotatable bonds is 5. The van der Waals surface area contributed by atoms with Crippen LogP contribution in [0.4, 0.5) is 13.2 Å². The zero-order valence-electron chi connectivity index (χ0n) is 22.1. The summed E-state index contributed by atoms with van der Waals surface area (Å²) >= 11 is 0. The molecule has 4 aliphatic rings. The van der Waals surface area contributed by atoms with E-state index in [1.54, 1.807) is 23.1 Å². The normalized spacial score (nSPS) is 23.1.